The van der Waals surface area contributed by atoms with Crippen molar-refractivity contribution in [1.29, 1.82) is 0 Å². The SMILES string of the molecule is CCCCn1ccnc1-c1cccc(NC(=O)[C@H]2CCC(=O)N2)c1. The first-order chi connectivity index (χ1) is 11.7. The van der Waals surface area contributed by atoms with Crippen LogP contribution in [0.25, 0.3) is 11.4 Å². The van der Waals surface area contributed by atoms with Crippen LogP contribution in [0.5, 0.6) is 0 Å². The normalized spacial score (nSPS) is 16.9. The van der Waals surface area contributed by atoms with Crippen molar-refractivity contribution < 1.29 is 9.59 Å². The Labute approximate surface area is 141 Å². The summed E-state index contributed by atoms with van der Waals surface area (Å²) in [7, 11) is 0. The summed E-state index contributed by atoms with van der Waals surface area (Å²) in [4.78, 5) is 27.9. The molecule has 6 heteroatoms. The lowest BCUT2D eigenvalue weighted by Gasteiger charge is -2.12. The number of benzene rings is 1. The van der Waals surface area contributed by atoms with E-state index in [1.807, 2.05) is 30.5 Å². The number of anilines is 1. The highest BCUT2D eigenvalue weighted by molar-refractivity contribution is 5.99. The van der Waals surface area contributed by atoms with Gasteiger partial charge in [-0.25, -0.2) is 4.98 Å². The van der Waals surface area contributed by atoms with Gasteiger partial charge in [-0.05, 0) is 25.0 Å². The van der Waals surface area contributed by atoms with Gasteiger partial charge >= 0.3 is 0 Å². The molecule has 0 spiro atoms. The molecule has 1 aliphatic rings. The number of amides is 2. The number of aryl methyl sites for hydroxylation is 1. The lowest BCUT2D eigenvalue weighted by Crippen LogP contribution is -2.37. The third-order valence-corrected chi connectivity index (χ3v) is 4.17. The molecule has 126 valence electrons. The Morgan fingerprint density at radius 2 is 2.33 bits per heavy atom. The molecule has 1 fully saturated rings. The first-order valence-corrected chi connectivity index (χ1v) is 8.39. The van der Waals surface area contributed by atoms with E-state index < -0.39 is 6.04 Å². The Morgan fingerprint density at radius 1 is 1.46 bits per heavy atom. The van der Waals surface area contributed by atoms with Crippen LogP contribution in [0.15, 0.2) is 36.7 Å². The second kappa shape index (κ2) is 7.29. The summed E-state index contributed by atoms with van der Waals surface area (Å²) in [6.07, 6.45) is 6.95. The molecule has 1 atom stereocenters. The third kappa shape index (κ3) is 3.64. The molecule has 0 aliphatic carbocycles. The molecule has 24 heavy (non-hydrogen) atoms. The quantitative estimate of drug-likeness (QED) is 0.856. The first kappa shape index (κ1) is 16.2. The van der Waals surface area contributed by atoms with Gasteiger partial charge in [-0.1, -0.05) is 25.5 Å². The van der Waals surface area contributed by atoms with Crippen molar-refractivity contribution in [1.82, 2.24) is 14.9 Å². The van der Waals surface area contributed by atoms with Crippen LogP contribution in [0.1, 0.15) is 32.6 Å². The molecule has 2 N–H and O–H groups in total. The minimum atomic E-state index is -0.437. The number of unbranched alkanes of at least 4 members (excludes halogenated alkanes) is 1. The van der Waals surface area contributed by atoms with E-state index in [1.165, 1.54) is 0 Å². The Kier molecular flexibility index (Phi) is 4.93. The number of hydrogen-bond acceptors (Lipinski definition) is 3. The van der Waals surface area contributed by atoms with Crippen LogP contribution in [0.2, 0.25) is 0 Å². The van der Waals surface area contributed by atoms with Crippen LogP contribution in [0.3, 0.4) is 0 Å². The molecule has 3 rings (SSSR count). The van der Waals surface area contributed by atoms with Crippen LogP contribution < -0.4 is 10.6 Å². The van der Waals surface area contributed by atoms with Gasteiger partial charge in [0, 0.05) is 36.6 Å². The largest absolute Gasteiger partial charge is 0.344 e. The predicted octanol–water partition coefficient (Wildman–Crippen LogP) is 2.57. The van der Waals surface area contributed by atoms with Crippen molar-refractivity contribution in [2.24, 2.45) is 0 Å². The molecular weight excluding hydrogens is 304 g/mol. The summed E-state index contributed by atoms with van der Waals surface area (Å²) < 4.78 is 2.13. The number of rotatable bonds is 6. The van der Waals surface area contributed by atoms with Crippen LogP contribution in [-0.2, 0) is 16.1 Å². The molecule has 0 radical (unpaired) electrons. The fourth-order valence-electron chi connectivity index (χ4n) is 2.85. The van der Waals surface area contributed by atoms with Gasteiger partial charge in [0.1, 0.15) is 11.9 Å². The summed E-state index contributed by atoms with van der Waals surface area (Å²) in [6, 6.07) is 7.21. The zero-order valence-corrected chi connectivity index (χ0v) is 13.8. The molecule has 1 aromatic heterocycles. The van der Waals surface area contributed by atoms with Crippen LogP contribution in [0.4, 0.5) is 5.69 Å². The molecule has 0 unspecified atom stereocenters. The molecule has 0 bridgehead atoms. The lowest BCUT2D eigenvalue weighted by atomic mass is 10.1. The average Bonchev–Trinajstić information content (AvgIpc) is 3.22. The van der Waals surface area contributed by atoms with E-state index >= 15 is 0 Å². The Bertz CT molecular complexity index is 738. The van der Waals surface area contributed by atoms with Gasteiger partial charge in [0.15, 0.2) is 0 Å². The van der Waals surface area contributed by atoms with Crippen LogP contribution in [0, 0.1) is 0 Å². The number of imidazole rings is 1. The Morgan fingerprint density at radius 3 is 3.08 bits per heavy atom. The zero-order valence-electron chi connectivity index (χ0n) is 13.8. The van der Waals surface area contributed by atoms with Gasteiger partial charge < -0.3 is 15.2 Å². The van der Waals surface area contributed by atoms with Crippen molar-refractivity contribution in [3.05, 3.63) is 36.7 Å². The molecule has 1 aliphatic heterocycles. The molecule has 2 aromatic rings. The number of aromatic nitrogens is 2. The standard InChI is InChI=1S/C18H22N4O2/c1-2-3-10-22-11-9-19-17(22)13-5-4-6-14(12-13)20-18(24)15-7-8-16(23)21-15/h4-6,9,11-12,15H,2-3,7-8,10H2,1H3,(H,20,24)(H,21,23)/t15-/m1/s1. The Hall–Kier alpha value is -2.63. The average molecular weight is 326 g/mol. The first-order valence-electron chi connectivity index (χ1n) is 8.39. The van der Waals surface area contributed by atoms with E-state index in [0.29, 0.717) is 18.5 Å². The van der Waals surface area contributed by atoms with Crippen molar-refractivity contribution in [2.45, 2.75) is 45.2 Å². The number of carbonyl (C=O) groups excluding carboxylic acids is 2. The zero-order chi connectivity index (χ0) is 16.9. The van der Waals surface area contributed by atoms with E-state index in [0.717, 1.165) is 30.8 Å². The number of carbonyl (C=O) groups is 2. The number of nitrogens with one attached hydrogen (secondary N) is 2. The van der Waals surface area contributed by atoms with Crippen molar-refractivity contribution in [3.63, 3.8) is 0 Å². The molecule has 1 saturated heterocycles. The molecule has 6 nitrogen and oxygen atoms in total. The smallest absolute Gasteiger partial charge is 0.246 e. The third-order valence-electron chi connectivity index (χ3n) is 4.17. The number of hydrogen-bond donors (Lipinski definition) is 2. The highest BCUT2D eigenvalue weighted by atomic mass is 16.2. The van der Waals surface area contributed by atoms with Gasteiger partial charge in [0.25, 0.3) is 0 Å². The summed E-state index contributed by atoms with van der Waals surface area (Å²) in [5.41, 5.74) is 1.67. The van der Waals surface area contributed by atoms with Gasteiger partial charge in [-0.2, -0.15) is 0 Å². The fraction of sp³-hybridized carbons (Fsp3) is 0.389. The van der Waals surface area contributed by atoms with Gasteiger partial charge in [0.05, 0.1) is 0 Å². The van der Waals surface area contributed by atoms with Gasteiger partial charge in [-0.15, -0.1) is 0 Å². The maximum atomic E-state index is 12.2. The Balaban J connectivity index is 1.73. The van der Waals surface area contributed by atoms with Crippen molar-refractivity contribution in [3.8, 4) is 11.4 Å². The monoisotopic (exact) mass is 326 g/mol. The summed E-state index contributed by atoms with van der Waals surface area (Å²) in [5, 5.41) is 5.56. The van der Waals surface area contributed by atoms with Gasteiger partial charge in [0.2, 0.25) is 11.8 Å². The number of nitrogens with zero attached hydrogens (tertiary/aromatic N) is 2. The summed E-state index contributed by atoms with van der Waals surface area (Å²) in [6.45, 7) is 3.09. The lowest BCUT2D eigenvalue weighted by molar-refractivity contribution is -0.122. The van der Waals surface area contributed by atoms with E-state index in [4.69, 9.17) is 0 Å². The van der Waals surface area contributed by atoms with Crippen molar-refractivity contribution in [2.75, 3.05) is 5.32 Å². The topological polar surface area (TPSA) is 76.0 Å². The minimum absolute atomic E-state index is 0.0677. The molecule has 0 saturated carbocycles. The summed E-state index contributed by atoms with van der Waals surface area (Å²) in [5.74, 6) is 0.655. The second-order valence-corrected chi connectivity index (χ2v) is 6.03. The van der Waals surface area contributed by atoms with E-state index in [-0.39, 0.29) is 11.8 Å². The van der Waals surface area contributed by atoms with E-state index in [1.54, 1.807) is 6.20 Å². The highest BCUT2D eigenvalue weighted by Gasteiger charge is 2.27. The van der Waals surface area contributed by atoms with Crippen LogP contribution >= 0.6 is 0 Å². The fourth-order valence-corrected chi connectivity index (χ4v) is 2.85. The minimum Gasteiger partial charge on any atom is -0.344 e. The molecular formula is C18H22N4O2. The molecule has 2 heterocycles. The van der Waals surface area contributed by atoms with E-state index in [9.17, 15) is 9.59 Å². The molecule has 2 amide bonds. The van der Waals surface area contributed by atoms with E-state index in [2.05, 4.69) is 27.1 Å². The predicted molar refractivity (Wildman–Crippen MR) is 92.4 cm³/mol. The second-order valence-electron chi connectivity index (χ2n) is 6.03. The van der Waals surface area contributed by atoms with Crippen molar-refractivity contribution >= 4 is 17.5 Å². The maximum Gasteiger partial charge on any atom is 0.246 e. The van der Waals surface area contributed by atoms with Crippen LogP contribution in [-0.4, -0.2) is 27.4 Å². The molecule has 1 aromatic carbocycles. The highest BCUT2D eigenvalue weighted by Crippen LogP contribution is 2.22. The maximum absolute atomic E-state index is 12.2. The van der Waals surface area contributed by atoms with Gasteiger partial charge in [-0.3, -0.25) is 9.59 Å². The summed E-state index contributed by atoms with van der Waals surface area (Å²) >= 11 is 0.